The molecule has 0 bridgehead atoms. The number of carbonyl (C=O) groups excluding carboxylic acids is 1. The van der Waals surface area contributed by atoms with Gasteiger partial charge in [0.15, 0.2) is 6.29 Å². The summed E-state index contributed by atoms with van der Waals surface area (Å²) >= 11 is 6.62. The molecule has 0 radical (unpaired) electrons. The molecule has 19 heavy (non-hydrogen) atoms. The van der Waals surface area contributed by atoms with Gasteiger partial charge in [0.1, 0.15) is 0 Å². The van der Waals surface area contributed by atoms with E-state index in [9.17, 15) is 4.79 Å². The molecular formula is C12H14I3NO3. The van der Waals surface area contributed by atoms with Crippen LogP contribution in [-0.2, 0) is 9.47 Å². The number of hydrogen-bond acceptors (Lipinski definition) is 3. The molecule has 0 unspecified atom stereocenters. The molecule has 4 nitrogen and oxygen atoms in total. The van der Waals surface area contributed by atoms with Crippen LogP contribution < -0.4 is 5.32 Å². The SMILES string of the molecule is COC(CCNC(=O)c1c(I)cc(I)cc1I)OC. The summed E-state index contributed by atoms with van der Waals surface area (Å²) in [7, 11) is 3.17. The molecule has 0 spiro atoms. The van der Waals surface area contributed by atoms with E-state index in [0.717, 1.165) is 16.3 Å². The minimum atomic E-state index is -0.282. The fourth-order valence-corrected chi connectivity index (χ4v) is 5.56. The van der Waals surface area contributed by atoms with Crippen LogP contribution in [0.15, 0.2) is 12.1 Å². The highest BCUT2D eigenvalue weighted by atomic mass is 127. The lowest BCUT2D eigenvalue weighted by atomic mass is 10.2. The molecule has 1 N–H and O–H groups in total. The summed E-state index contributed by atoms with van der Waals surface area (Å²) in [6.45, 7) is 0.517. The average molecular weight is 601 g/mol. The van der Waals surface area contributed by atoms with Crippen molar-refractivity contribution in [3.05, 3.63) is 28.4 Å². The van der Waals surface area contributed by atoms with Crippen LogP contribution in [0.5, 0.6) is 0 Å². The Hall–Kier alpha value is 0.800. The monoisotopic (exact) mass is 601 g/mol. The summed E-state index contributed by atoms with van der Waals surface area (Å²) in [6.07, 6.45) is 0.339. The Morgan fingerprint density at radius 3 is 2.21 bits per heavy atom. The van der Waals surface area contributed by atoms with Crippen LogP contribution in [-0.4, -0.2) is 33.0 Å². The quantitative estimate of drug-likeness (QED) is 0.403. The number of halogens is 3. The summed E-state index contributed by atoms with van der Waals surface area (Å²) in [5.41, 5.74) is 0.730. The summed E-state index contributed by atoms with van der Waals surface area (Å²) in [5.74, 6) is -0.0591. The molecule has 0 aliphatic carbocycles. The normalized spacial score (nSPS) is 10.8. The lowest BCUT2D eigenvalue weighted by Crippen LogP contribution is -2.29. The molecule has 106 valence electrons. The van der Waals surface area contributed by atoms with E-state index in [1.807, 2.05) is 12.1 Å². The van der Waals surface area contributed by atoms with Crippen molar-refractivity contribution in [3.63, 3.8) is 0 Å². The number of carbonyl (C=O) groups is 1. The molecule has 0 aromatic heterocycles. The summed E-state index contributed by atoms with van der Waals surface area (Å²) in [6, 6.07) is 3.98. The molecule has 0 aliphatic heterocycles. The first-order chi connectivity index (χ1) is 8.99. The highest BCUT2D eigenvalue weighted by molar-refractivity contribution is 14.1. The number of methoxy groups -OCH3 is 2. The number of nitrogens with one attached hydrogen (secondary N) is 1. The van der Waals surface area contributed by atoms with E-state index in [2.05, 4.69) is 73.1 Å². The van der Waals surface area contributed by atoms with E-state index >= 15 is 0 Å². The number of ether oxygens (including phenoxy) is 2. The highest BCUT2D eigenvalue weighted by Gasteiger charge is 2.15. The van der Waals surface area contributed by atoms with Crippen molar-refractivity contribution in [2.24, 2.45) is 0 Å². The van der Waals surface area contributed by atoms with E-state index in [4.69, 9.17) is 9.47 Å². The zero-order chi connectivity index (χ0) is 14.4. The highest BCUT2D eigenvalue weighted by Crippen LogP contribution is 2.22. The van der Waals surface area contributed by atoms with Crippen molar-refractivity contribution in [3.8, 4) is 0 Å². The molecule has 0 saturated heterocycles. The third-order valence-electron chi connectivity index (χ3n) is 2.43. The van der Waals surface area contributed by atoms with Crippen molar-refractivity contribution in [1.82, 2.24) is 5.32 Å². The van der Waals surface area contributed by atoms with Crippen LogP contribution in [0.2, 0.25) is 0 Å². The second-order valence-corrected chi connectivity index (χ2v) is 7.26. The first-order valence-electron chi connectivity index (χ1n) is 5.48. The molecule has 0 atom stereocenters. The minimum Gasteiger partial charge on any atom is -0.356 e. The van der Waals surface area contributed by atoms with Gasteiger partial charge in [-0.2, -0.15) is 0 Å². The van der Waals surface area contributed by atoms with E-state index in [1.54, 1.807) is 14.2 Å². The number of rotatable bonds is 6. The topological polar surface area (TPSA) is 47.6 Å². The zero-order valence-electron chi connectivity index (χ0n) is 10.5. The molecule has 0 aliphatic rings. The fourth-order valence-electron chi connectivity index (χ4n) is 1.48. The van der Waals surface area contributed by atoms with Gasteiger partial charge in [-0.25, -0.2) is 0 Å². The molecule has 1 rings (SSSR count). The predicted molar refractivity (Wildman–Crippen MR) is 99.3 cm³/mol. The Bertz CT molecular complexity index is 427. The first-order valence-corrected chi connectivity index (χ1v) is 8.71. The van der Waals surface area contributed by atoms with Gasteiger partial charge < -0.3 is 14.8 Å². The van der Waals surface area contributed by atoms with E-state index < -0.39 is 0 Å². The molecule has 1 aromatic rings. The third kappa shape index (κ3) is 5.59. The Balaban J connectivity index is 2.64. The molecular weight excluding hydrogens is 587 g/mol. The molecule has 0 saturated carbocycles. The largest absolute Gasteiger partial charge is 0.356 e. The number of hydrogen-bond donors (Lipinski definition) is 1. The van der Waals surface area contributed by atoms with Crippen molar-refractivity contribution in [2.45, 2.75) is 12.7 Å². The summed E-state index contributed by atoms with van der Waals surface area (Å²) in [4.78, 5) is 12.2. The smallest absolute Gasteiger partial charge is 0.253 e. The molecule has 0 fully saturated rings. The fraction of sp³-hybridized carbons (Fsp3) is 0.417. The Labute approximate surface area is 153 Å². The Kier molecular flexibility index (Phi) is 8.41. The van der Waals surface area contributed by atoms with Crippen LogP contribution in [0.25, 0.3) is 0 Å². The maximum atomic E-state index is 12.2. The summed E-state index contributed by atoms with van der Waals surface area (Å²) < 4.78 is 13.2. The van der Waals surface area contributed by atoms with E-state index in [-0.39, 0.29) is 12.2 Å². The maximum absolute atomic E-state index is 12.2. The van der Waals surface area contributed by atoms with Crippen molar-refractivity contribution in [2.75, 3.05) is 20.8 Å². The average Bonchev–Trinajstić information content (AvgIpc) is 2.33. The molecule has 1 aromatic carbocycles. The van der Waals surface area contributed by atoms with Crippen LogP contribution >= 0.6 is 67.8 Å². The van der Waals surface area contributed by atoms with Crippen LogP contribution in [0.3, 0.4) is 0 Å². The van der Waals surface area contributed by atoms with Gasteiger partial charge in [-0.15, -0.1) is 0 Å². The lowest BCUT2D eigenvalue weighted by Gasteiger charge is -2.14. The standard InChI is InChI=1S/C12H14I3NO3/c1-18-10(19-2)3-4-16-12(17)11-8(14)5-7(13)6-9(11)15/h5-6,10H,3-4H2,1-2H3,(H,16,17). The minimum absolute atomic E-state index is 0.0591. The summed E-state index contributed by atoms with van der Waals surface area (Å²) in [5, 5.41) is 2.89. The van der Waals surface area contributed by atoms with E-state index in [1.165, 1.54) is 0 Å². The Morgan fingerprint density at radius 1 is 1.21 bits per heavy atom. The molecule has 0 heterocycles. The van der Waals surface area contributed by atoms with Gasteiger partial charge in [-0.05, 0) is 79.9 Å². The van der Waals surface area contributed by atoms with Gasteiger partial charge in [0.05, 0.1) is 5.56 Å². The van der Waals surface area contributed by atoms with Crippen molar-refractivity contribution in [1.29, 1.82) is 0 Å². The number of benzene rings is 1. The van der Waals surface area contributed by atoms with Gasteiger partial charge in [-0.3, -0.25) is 4.79 Å². The second kappa shape index (κ2) is 8.95. The van der Waals surface area contributed by atoms with Gasteiger partial charge in [0.2, 0.25) is 0 Å². The zero-order valence-corrected chi connectivity index (χ0v) is 17.0. The lowest BCUT2D eigenvalue weighted by molar-refractivity contribution is -0.105. The first kappa shape index (κ1) is 17.9. The Morgan fingerprint density at radius 2 is 1.74 bits per heavy atom. The van der Waals surface area contributed by atoms with E-state index in [0.29, 0.717) is 13.0 Å². The van der Waals surface area contributed by atoms with Crippen molar-refractivity contribution < 1.29 is 14.3 Å². The van der Waals surface area contributed by atoms with Crippen LogP contribution in [0, 0.1) is 10.7 Å². The van der Waals surface area contributed by atoms with Gasteiger partial charge >= 0.3 is 0 Å². The predicted octanol–water partition coefficient (Wildman–Crippen LogP) is 3.24. The number of amides is 1. The third-order valence-corrected chi connectivity index (χ3v) is 4.75. The van der Waals surface area contributed by atoms with Gasteiger partial charge in [0.25, 0.3) is 5.91 Å². The van der Waals surface area contributed by atoms with Gasteiger partial charge in [-0.1, -0.05) is 0 Å². The van der Waals surface area contributed by atoms with Gasteiger partial charge in [0, 0.05) is 37.9 Å². The van der Waals surface area contributed by atoms with Crippen molar-refractivity contribution >= 4 is 73.7 Å². The molecule has 1 amide bonds. The molecule has 7 heteroatoms. The second-order valence-electron chi connectivity index (χ2n) is 3.69. The maximum Gasteiger partial charge on any atom is 0.253 e. The van der Waals surface area contributed by atoms with Crippen LogP contribution in [0.1, 0.15) is 16.8 Å². The van der Waals surface area contributed by atoms with Crippen LogP contribution in [0.4, 0.5) is 0 Å².